The number of alkyl halides is 3. The SMILES string of the molecule is O=S(=O)(Cl)C(c1ccc2ncccc2c1)C(F)(F)F. The van der Waals surface area contributed by atoms with Gasteiger partial charge in [0.05, 0.1) is 5.52 Å². The van der Waals surface area contributed by atoms with Crippen LogP contribution in [0, 0.1) is 0 Å². The lowest BCUT2D eigenvalue weighted by atomic mass is 10.1. The molecular formula is C11H7ClF3NO2S. The molecule has 1 aromatic carbocycles. The van der Waals surface area contributed by atoms with E-state index in [0.29, 0.717) is 10.9 Å². The van der Waals surface area contributed by atoms with Gasteiger partial charge in [-0.25, -0.2) is 8.42 Å². The quantitative estimate of drug-likeness (QED) is 0.799. The van der Waals surface area contributed by atoms with E-state index in [1.54, 1.807) is 12.1 Å². The van der Waals surface area contributed by atoms with Crippen molar-refractivity contribution in [2.24, 2.45) is 0 Å². The molecule has 0 amide bonds. The predicted molar refractivity (Wildman–Crippen MR) is 65.3 cm³/mol. The van der Waals surface area contributed by atoms with Crippen LogP contribution in [0.2, 0.25) is 0 Å². The van der Waals surface area contributed by atoms with E-state index in [1.807, 2.05) is 0 Å². The first-order chi connectivity index (χ1) is 8.69. The molecule has 8 heteroatoms. The Bertz CT molecular complexity index is 715. The highest BCUT2D eigenvalue weighted by atomic mass is 35.7. The minimum absolute atomic E-state index is 0.412. The first-order valence-electron chi connectivity index (χ1n) is 5.04. The Hall–Kier alpha value is -1.34. The lowest BCUT2D eigenvalue weighted by Gasteiger charge is -2.17. The molecule has 1 atom stereocenters. The van der Waals surface area contributed by atoms with Gasteiger partial charge in [0.2, 0.25) is 9.05 Å². The molecular weight excluding hydrogens is 303 g/mol. The second kappa shape index (κ2) is 4.64. The molecule has 2 aromatic rings. The Labute approximate surface area is 111 Å². The van der Waals surface area contributed by atoms with Gasteiger partial charge in [-0.15, -0.1) is 0 Å². The standard InChI is InChI=1S/C11H7ClF3NO2S/c12-19(17,18)10(11(13,14)15)8-3-4-9-7(6-8)2-1-5-16-9/h1-6,10H. The average Bonchev–Trinajstić information content (AvgIpc) is 2.25. The molecule has 19 heavy (non-hydrogen) atoms. The van der Waals surface area contributed by atoms with Crippen molar-refractivity contribution in [2.45, 2.75) is 11.4 Å². The lowest BCUT2D eigenvalue weighted by molar-refractivity contribution is -0.131. The summed E-state index contributed by atoms with van der Waals surface area (Å²) >= 11 is 0. The van der Waals surface area contributed by atoms with E-state index < -0.39 is 26.0 Å². The number of fused-ring (bicyclic) bond motifs is 1. The van der Waals surface area contributed by atoms with Crippen LogP contribution in [0.5, 0.6) is 0 Å². The van der Waals surface area contributed by atoms with Crippen molar-refractivity contribution < 1.29 is 21.6 Å². The Kier molecular flexibility index (Phi) is 3.44. The van der Waals surface area contributed by atoms with Gasteiger partial charge in [0, 0.05) is 22.3 Å². The number of nitrogens with zero attached hydrogens (tertiary/aromatic N) is 1. The Balaban J connectivity index is 2.64. The van der Waals surface area contributed by atoms with Gasteiger partial charge in [0.15, 0.2) is 5.25 Å². The highest BCUT2D eigenvalue weighted by Gasteiger charge is 2.49. The maximum absolute atomic E-state index is 12.8. The fourth-order valence-corrected chi connectivity index (χ4v) is 3.17. The summed E-state index contributed by atoms with van der Waals surface area (Å²) in [7, 11) is 0.0886. The van der Waals surface area contributed by atoms with Crippen molar-refractivity contribution in [2.75, 3.05) is 0 Å². The van der Waals surface area contributed by atoms with Crippen molar-refractivity contribution in [3.63, 3.8) is 0 Å². The average molecular weight is 310 g/mol. The molecule has 0 aliphatic heterocycles. The lowest BCUT2D eigenvalue weighted by Crippen LogP contribution is -2.25. The van der Waals surface area contributed by atoms with Crippen LogP contribution in [0.4, 0.5) is 13.2 Å². The number of hydrogen-bond acceptors (Lipinski definition) is 3. The Morgan fingerprint density at radius 2 is 1.89 bits per heavy atom. The molecule has 2 rings (SSSR count). The van der Waals surface area contributed by atoms with Gasteiger partial charge in [0.25, 0.3) is 0 Å². The molecule has 0 aliphatic rings. The minimum atomic E-state index is -4.98. The van der Waals surface area contributed by atoms with Crippen LogP contribution in [-0.4, -0.2) is 19.6 Å². The summed E-state index contributed by atoms with van der Waals surface area (Å²) in [5.74, 6) is 0. The highest BCUT2D eigenvalue weighted by Crippen LogP contribution is 2.41. The monoisotopic (exact) mass is 309 g/mol. The third-order valence-corrected chi connectivity index (χ3v) is 4.15. The van der Waals surface area contributed by atoms with E-state index in [-0.39, 0.29) is 0 Å². The van der Waals surface area contributed by atoms with Crippen molar-refractivity contribution in [3.05, 3.63) is 42.1 Å². The van der Waals surface area contributed by atoms with Crippen molar-refractivity contribution in [1.29, 1.82) is 0 Å². The second-order valence-corrected chi connectivity index (χ2v) is 6.57. The fraction of sp³-hybridized carbons (Fsp3) is 0.182. The molecule has 1 unspecified atom stereocenters. The summed E-state index contributed by atoms with van der Waals surface area (Å²) in [6.45, 7) is 0. The summed E-state index contributed by atoms with van der Waals surface area (Å²) in [5.41, 5.74) is 0.0437. The Morgan fingerprint density at radius 3 is 2.47 bits per heavy atom. The molecule has 0 fully saturated rings. The molecule has 0 bridgehead atoms. The van der Waals surface area contributed by atoms with Crippen LogP contribution in [-0.2, 0) is 9.05 Å². The molecule has 0 radical (unpaired) electrons. The van der Waals surface area contributed by atoms with E-state index in [2.05, 4.69) is 4.98 Å². The van der Waals surface area contributed by atoms with E-state index >= 15 is 0 Å². The van der Waals surface area contributed by atoms with Crippen molar-refractivity contribution >= 4 is 30.6 Å². The van der Waals surface area contributed by atoms with Crippen LogP contribution in [0.25, 0.3) is 10.9 Å². The summed E-state index contributed by atoms with van der Waals surface area (Å²) in [4.78, 5) is 3.94. The van der Waals surface area contributed by atoms with Crippen molar-refractivity contribution in [3.8, 4) is 0 Å². The zero-order valence-corrected chi connectivity index (χ0v) is 10.8. The van der Waals surface area contributed by atoms with Crippen LogP contribution >= 0.6 is 10.7 Å². The number of halogens is 4. The van der Waals surface area contributed by atoms with Gasteiger partial charge in [-0.2, -0.15) is 13.2 Å². The molecule has 102 valence electrons. The topological polar surface area (TPSA) is 47.0 Å². The summed E-state index contributed by atoms with van der Waals surface area (Å²) in [6.07, 6.45) is -3.49. The minimum Gasteiger partial charge on any atom is -0.256 e. The van der Waals surface area contributed by atoms with Crippen LogP contribution in [0.3, 0.4) is 0 Å². The number of benzene rings is 1. The van der Waals surface area contributed by atoms with Gasteiger partial charge in [-0.1, -0.05) is 12.1 Å². The van der Waals surface area contributed by atoms with E-state index in [4.69, 9.17) is 10.7 Å². The van der Waals surface area contributed by atoms with Gasteiger partial charge in [-0.3, -0.25) is 4.98 Å². The molecule has 3 nitrogen and oxygen atoms in total. The summed E-state index contributed by atoms with van der Waals surface area (Å²) < 4.78 is 60.8. The van der Waals surface area contributed by atoms with Gasteiger partial charge in [-0.05, 0) is 23.8 Å². The summed E-state index contributed by atoms with van der Waals surface area (Å²) in [5, 5.41) is -2.33. The van der Waals surface area contributed by atoms with Crippen molar-refractivity contribution in [1.82, 2.24) is 4.98 Å². The molecule has 1 aromatic heterocycles. The maximum Gasteiger partial charge on any atom is 0.410 e. The number of aromatic nitrogens is 1. The molecule has 1 heterocycles. The Morgan fingerprint density at radius 1 is 1.21 bits per heavy atom. The number of hydrogen-bond donors (Lipinski definition) is 0. The molecule has 0 spiro atoms. The van der Waals surface area contributed by atoms with E-state index in [9.17, 15) is 21.6 Å². The number of rotatable bonds is 2. The van der Waals surface area contributed by atoms with Crippen LogP contribution in [0.15, 0.2) is 36.5 Å². The van der Waals surface area contributed by atoms with E-state index in [0.717, 1.165) is 12.1 Å². The van der Waals surface area contributed by atoms with Crippen LogP contribution < -0.4 is 0 Å². The second-order valence-electron chi connectivity index (χ2n) is 3.85. The molecule has 0 saturated carbocycles. The summed E-state index contributed by atoms with van der Waals surface area (Å²) in [6, 6.07) is 6.60. The van der Waals surface area contributed by atoms with Crippen LogP contribution in [0.1, 0.15) is 10.8 Å². The molecule has 0 aliphatic carbocycles. The zero-order chi connectivity index (χ0) is 14.3. The normalized spacial score (nSPS) is 14.5. The first kappa shape index (κ1) is 14.1. The zero-order valence-electron chi connectivity index (χ0n) is 9.23. The highest BCUT2D eigenvalue weighted by molar-refractivity contribution is 8.14. The van der Waals surface area contributed by atoms with E-state index in [1.165, 1.54) is 12.3 Å². The smallest absolute Gasteiger partial charge is 0.256 e. The van der Waals surface area contributed by atoms with Gasteiger partial charge >= 0.3 is 6.18 Å². The maximum atomic E-state index is 12.8. The third kappa shape index (κ3) is 2.98. The molecule has 0 N–H and O–H groups in total. The predicted octanol–water partition coefficient (Wildman–Crippen LogP) is 3.41. The molecule has 0 saturated heterocycles. The number of pyridine rings is 1. The van der Waals surface area contributed by atoms with Gasteiger partial charge < -0.3 is 0 Å². The fourth-order valence-electron chi connectivity index (χ4n) is 1.77. The van der Waals surface area contributed by atoms with Gasteiger partial charge in [0.1, 0.15) is 0 Å². The first-order valence-corrected chi connectivity index (χ1v) is 7.42. The largest absolute Gasteiger partial charge is 0.410 e. The third-order valence-electron chi connectivity index (χ3n) is 2.51.